The summed E-state index contributed by atoms with van der Waals surface area (Å²) >= 11 is 12.3. The average molecular weight is 382 g/mol. The minimum Gasteiger partial charge on any atom is -0.489 e. The minimum atomic E-state index is 0.0207. The molecule has 0 aromatic heterocycles. The highest BCUT2D eigenvalue weighted by Crippen LogP contribution is 2.27. The number of hydrogen-bond acceptors (Lipinski definition) is 4. The summed E-state index contributed by atoms with van der Waals surface area (Å²) in [4.78, 5) is 2.21. The maximum Gasteiger partial charge on any atom is 0.119 e. The summed E-state index contributed by atoms with van der Waals surface area (Å²) in [5, 5.41) is 10.3. The van der Waals surface area contributed by atoms with Crippen molar-refractivity contribution in [2.45, 2.75) is 12.7 Å². The van der Waals surface area contributed by atoms with E-state index in [4.69, 9.17) is 37.8 Å². The van der Waals surface area contributed by atoms with Crippen molar-refractivity contribution < 1.29 is 14.6 Å². The summed E-state index contributed by atoms with van der Waals surface area (Å²) in [6.45, 7) is 3.49. The maximum absolute atomic E-state index is 9.09. The summed E-state index contributed by atoms with van der Waals surface area (Å²) in [5.41, 5.74) is 1.89. The number of hydrogen-bond donors (Lipinski definition) is 1. The molecule has 1 N–H and O–H groups in total. The van der Waals surface area contributed by atoms with Crippen molar-refractivity contribution in [2.24, 2.45) is 0 Å². The Kier molecular flexibility index (Phi) is 6.57. The van der Waals surface area contributed by atoms with E-state index in [2.05, 4.69) is 4.90 Å². The number of halogens is 2. The van der Waals surface area contributed by atoms with Gasteiger partial charge in [-0.05, 0) is 29.8 Å². The van der Waals surface area contributed by atoms with Crippen LogP contribution in [-0.4, -0.2) is 42.9 Å². The fourth-order valence-electron chi connectivity index (χ4n) is 2.85. The molecule has 0 bridgehead atoms. The van der Waals surface area contributed by atoms with E-state index in [1.807, 2.05) is 30.3 Å². The molecule has 0 aliphatic carbocycles. The summed E-state index contributed by atoms with van der Waals surface area (Å²) in [5.74, 6) is 0.753. The van der Waals surface area contributed by atoms with Gasteiger partial charge in [-0.15, -0.1) is 0 Å². The van der Waals surface area contributed by atoms with Crippen molar-refractivity contribution in [2.75, 3.05) is 32.8 Å². The van der Waals surface area contributed by atoms with Crippen LogP contribution in [0.2, 0.25) is 10.0 Å². The Morgan fingerprint density at radius 2 is 1.84 bits per heavy atom. The second kappa shape index (κ2) is 8.88. The number of aliphatic hydroxyl groups excluding tert-OH is 1. The number of morpholine rings is 1. The molecular formula is C19H21Cl2NO3. The SMILES string of the molecule is OCCN1CCO[C@H](c2ccc(OCc3c(Cl)cccc3Cl)cc2)C1. The summed E-state index contributed by atoms with van der Waals surface area (Å²) in [7, 11) is 0. The van der Waals surface area contributed by atoms with Gasteiger partial charge >= 0.3 is 0 Å². The van der Waals surface area contributed by atoms with Crippen molar-refractivity contribution in [1.29, 1.82) is 0 Å². The predicted octanol–water partition coefficient (Wildman–Crippen LogP) is 3.94. The highest BCUT2D eigenvalue weighted by Gasteiger charge is 2.21. The molecule has 134 valence electrons. The average Bonchev–Trinajstić information content (AvgIpc) is 2.62. The predicted molar refractivity (Wildman–Crippen MR) is 99.5 cm³/mol. The molecule has 0 unspecified atom stereocenters. The Labute approximate surface area is 157 Å². The molecule has 2 aromatic carbocycles. The molecule has 0 spiro atoms. The van der Waals surface area contributed by atoms with Gasteiger partial charge in [-0.1, -0.05) is 41.4 Å². The first-order chi connectivity index (χ1) is 12.2. The van der Waals surface area contributed by atoms with Gasteiger partial charge in [0.15, 0.2) is 0 Å². The maximum atomic E-state index is 9.09. The first-order valence-electron chi connectivity index (χ1n) is 8.28. The second-order valence-corrected chi connectivity index (χ2v) is 6.76. The first-order valence-corrected chi connectivity index (χ1v) is 9.03. The van der Waals surface area contributed by atoms with Crippen molar-refractivity contribution in [3.05, 3.63) is 63.6 Å². The molecule has 25 heavy (non-hydrogen) atoms. The van der Waals surface area contributed by atoms with Gasteiger partial charge in [0.2, 0.25) is 0 Å². The van der Waals surface area contributed by atoms with Gasteiger partial charge in [0.25, 0.3) is 0 Å². The van der Waals surface area contributed by atoms with E-state index in [1.165, 1.54) is 0 Å². The molecule has 1 fully saturated rings. The van der Waals surface area contributed by atoms with Crippen LogP contribution in [0.4, 0.5) is 0 Å². The van der Waals surface area contributed by atoms with Gasteiger partial charge in [-0.25, -0.2) is 0 Å². The molecule has 1 saturated heterocycles. The number of benzene rings is 2. The van der Waals surface area contributed by atoms with E-state index in [9.17, 15) is 0 Å². The number of aliphatic hydroxyl groups is 1. The van der Waals surface area contributed by atoms with Crippen LogP contribution in [0.15, 0.2) is 42.5 Å². The molecule has 0 amide bonds. The third-order valence-corrected chi connectivity index (χ3v) is 4.97. The van der Waals surface area contributed by atoms with E-state index in [1.54, 1.807) is 12.1 Å². The largest absolute Gasteiger partial charge is 0.489 e. The smallest absolute Gasteiger partial charge is 0.119 e. The van der Waals surface area contributed by atoms with Crippen molar-refractivity contribution in [3.63, 3.8) is 0 Å². The molecule has 0 saturated carbocycles. The number of rotatable bonds is 6. The van der Waals surface area contributed by atoms with Crippen LogP contribution >= 0.6 is 23.2 Å². The Morgan fingerprint density at radius 3 is 2.52 bits per heavy atom. The summed E-state index contributed by atoms with van der Waals surface area (Å²) in [6, 6.07) is 13.3. The third kappa shape index (κ3) is 4.87. The Hall–Kier alpha value is -1.30. The van der Waals surface area contributed by atoms with E-state index >= 15 is 0 Å². The van der Waals surface area contributed by atoms with Crippen molar-refractivity contribution >= 4 is 23.2 Å². The van der Waals surface area contributed by atoms with Gasteiger partial charge in [-0.3, -0.25) is 4.90 Å². The molecule has 6 heteroatoms. The van der Waals surface area contributed by atoms with E-state index in [-0.39, 0.29) is 12.7 Å². The molecule has 4 nitrogen and oxygen atoms in total. The zero-order valence-corrected chi connectivity index (χ0v) is 15.3. The van der Waals surface area contributed by atoms with Crippen LogP contribution < -0.4 is 4.74 Å². The quantitative estimate of drug-likeness (QED) is 0.822. The van der Waals surface area contributed by atoms with E-state index < -0.39 is 0 Å². The highest BCUT2D eigenvalue weighted by molar-refractivity contribution is 6.35. The lowest BCUT2D eigenvalue weighted by Crippen LogP contribution is -2.39. The lowest BCUT2D eigenvalue weighted by atomic mass is 10.1. The monoisotopic (exact) mass is 381 g/mol. The Morgan fingerprint density at radius 1 is 1.12 bits per heavy atom. The number of ether oxygens (including phenoxy) is 2. The van der Waals surface area contributed by atoms with Crippen LogP contribution in [0, 0.1) is 0 Å². The van der Waals surface area contributed by atoms with Crippen LogP contribution in [0.25, 0.3) is 0 Å². The zero-order chi connectivity index (χ0) is 17.6. The van der Waals surface area contributed by atoms with Gasteiger partial charge in [0.1, 0.15) is 12.4 Å². The van der Waals surface area contributed by atoms with E-state index in [0.717, 1.165) is 30.0 Å². The molecule has 1 heterocycles. The van der Waals surface area contributed by atoms with E-state index in [0.29, 0.717) is 29.8 Å². The Balaban J connectivity index is 1.60. The van der Waals surface area contributed by atoms with Crippen LogP contribution in [-0.2, 0) is 11.3 Å². The van der Waals surface area contributed by atoms with Gasteiger partial charge in [0.05, 0.1) is 19.3 Å². The lowest BCUT2D eigenvalue weighted by Gasteiger charge is -2.32. The second-order valence-electron chi connectivity index (χ2n) is 5.94. The molecule has 1 aliphatic heterocycles. The fourth-order valence-corrected chi connectivity index (χ4v) is 3.36. The standard InChI is InChI=1S/C19H21Cl2NO3/c20-17-2-1-3-18(21)16(17)13-25-15-6-4-14(5-7-15)19-12-22(8-10-23)9-11-24-19/h1-7,19,23H,8-13H2/t19-/m0/s1. The third-order valence-electron chi connectivity index (χ3n) is 4.26. The van der Waals surface area contributed by atoms with Crippen LogP contribution in [0.1, 0.15) is 17.2 Å². The molecule has 1 aliphatic rings. The highest BCUT2D eigenvalue weighted by atomic mass is 35.5. The zero-order valence-electron chi connectivity index (χ0n) is 13.8. The first kappa shape index (κ1) is 18.5. The Bertz CT molecular complexity index is 671. The molecule has 1 atom stereocenters. The molecule has 0 radical (unpaired) electrons. The molecule has 2 aromatic rings. The fraction of sp³-hybridized carbons (Fsp3) is 0.368. The lowest BCUT2D eigenvalue weighted by molar-refractivity contribution is -0.0338. The topological polar surface area (TPSA) is 41.9 Å². The number of nitrogens with zero attached hydrogens (tertiary/aromatic N) is 1. The van der Waals surface area contributed by atoms with Crippen molar-refractivity contribution in [1.82, 2.24) is 4.90 Å². The van der Waals surface area contributed by atoms with Gasteiger partial charge in [0, 0.05) is 35.2 Å². The normalized spacial score (nSPS) is 18.3. The van der Waals surface area contributed by atoms with Gasteiger partial charge in [-0.2, -0.15) is 0 Å². The van der Waals surface area contributed by atoms with Crippen LogP contribution in [0.3, 0.4) is 0 Å². The summed E-state index contributed by atoms with van der Waals surface area (Å²) < 4.78 is 11.6. The van der Waals surface area contributed by atoms with Gasteiger partial charge < -0.3 is 14.6 Å². The number of β-amino-alcohol motifs (C(OH)–C–C–N with tert-alkyl or cyclic N) is 1. The van der Waals surface area contributed by atoms with Crippen molar-refractivity contribution in [3.8, 4) is 5.75 Å². The minimum absolute atomic E-state index is 0.0207. The summed E-state index contributed by atoms with van der Waals surface area (Å²) in [6.07, 6.45) is 0.0207. The molecule has 3 rings (SSSR count). The van der Waals surface area contributed by atoms with Crippen LogP contribution in [0.5, 0.6) is 5.75 Å². The molecular weight excluding hydrogens is 361 g/mol.